The number of nitrogens with one attached hydrogen (secondary N) is 1. The predicted octanol–water partition coefficient (Wildman–Crippen LogP) is 3.16. The van der Waals surface area contributed by atoms with Crippen molar-refractivity contribution in [2.24, 2.45) is 0 Å². The molecule has 9 heteroatoms. The molecule has 1 saturated heterocycles. The minimum Gasteiger partial charge on any atom is -0.280 e. The Labute approximate surface area is 171 Å². The number of carbonyl (C=O) groups is 1. The molecule has 1 aliphatic rings. The highest BCUT2D eigenvalue weighted by Gasteiger charge is 2.37. The van der Waals surface area contributed by atoms with E-state index in [0.29, 0.717) is 15.6 Å². The minimum atomic E-state index is -3.98. The van der Waals surface area contributed by atoms with Crippen LogP contribution < -0.4 is 9.03 Å². The fourth-order valence-corrected chi connectivity index (χ4v) is 5.90. The second-order valence-electron chi connectivity index (χ2n) is 8.11. The SMILES string of the molecule is Cc1ccc(N2C(=O)CCS2(=O)=O)cc1S(=O)(=O)Nc1ccc(C(C)(C)C)cc1. The van der Waals surface area contributed by atoms with E-state index in [-0.39, 0.29) is 28.2 Å². The van der Waals surface area contributed by atoms with Crippen LogP contribution in [0.5, 0.6) is 0 Å². The molecule has 3 rings (SSSR count). The Morgan fingerprint density at radius 3 is 2.17 bits per heavy atom. The van der Waals surface area contributed by atoms with Gasteiger partial charge in [0.2, 0.25) is 15.9 Å². The van der Waals surface area contributed by atoms with Gasteiger partial charge in [-0.05, 0) is 47.7 Å². The first-order chi connectivity index (χ1) is 13.3. The fourth-order valence-electron chi connectivity index (χ4n) is 3.12. The Bertz CT molecular complexity index is 1160. The highest BCUT2D eigenvalue weighted by atomic mass is 32.2. The largest absolute Gasteiger partial charge is 0.280 e. The lowest BCUT2D eigenvalue weighted by molar-refractivity contribution is -0.116. The molecule has 1 N–H and O–H groups in total. The molecule has 0 saturated carbocycles. The molecule has 29 heavy (non-hydrogen) atoms. The first-order valence-corrected chi connectivity index (χ1v) is 12.2. The summed E-state index contributed by atoms with van der Waals surface area (Å²) in [6, 6.07) is 11.2. The molecule has 1 heterocycles. The van der Waals surface area contributed by atoms with Crippen molar-refractivity contribution in [3.63, 3.8) is 0 Å². The molecule has 0 aliphatic carbocycles. The number of benzene rings is 2. The number of hydrogen-bond donors (Lipinski definition) is 1. The summed E-state index contributed by atoms with van der Waals surface area (Å²) in [5, 5.41) is 0. The molecule has 0 aromatic heterocycles. The van der Waals surface area contributed by atoms with Crippen LogP contribution in [-0.4, -0.2) is 28.5 Å². The van der Waals surface area contributed by atoms with Crippen molar-refractivity contribution in [3.8, 4) is 0 Å². The molecule has 1 aliphatic heterocycles. The molecule has 0 radical (unpaired) electrons. The van der Waals surface area contributed by atoms with Crippen LogP contribution in [0.3, 0.4) is 0 Å². The fraction of sp³-hybridized carbons (Fsp3) is 0.350. The van der Waals surface area contributed by atoms with Crippen molar-refractivity contribution < 1.29 is 21.6 Å². The maximum absolute atomic E-state index is 13.0. The highest BCUT2D eigenvalue weighted by Crippen LogP contribution is 2.30. The molecule has 0 bridgehead atoms. The minimum absolute atomic E-state index is 0.0292. The highest BCUT2D eigenvalue weighted by molar-refractivity contribution is 7.94. The van der Waals surface area contributed by atoms with Gasteiger partial charge in [-0.1, -0.05) is 39.0 Å². The lowest BCUT2D eigenvalue weighted by Crippen LogP contribution is -2.29. The predicted molar refractivity (Wildman–Crippen MR) is 113 cm³/mol. The molecular weight excluding hydrogens is 412 g/mol. The van der Waals surface area contributed by atoms with Crippen LogP contribution in [0.1, 0.15) is 38.3 Å². The Morgan fingerprint density at radius 1 is 1.03 bits per heavy atom. The number of hydrogen-bond acceptors (Lipinski definition) is 5. The maximum Gasteiger partial charge on any atom is 0.262 e. The first-order valence-electron chi connectivity index (χ1n) is 9.11. The van der Waals surface area contributed by atoms with Crippen LogP contribution in [0, 0.1) is 6.92 Å². The van der Waals surface area contributed by atoms with Crippen LogP contribution in [-0.2, 0) is 30.3 Å². The zero-order valence-corrected chi connectivity index (χ0v) is 18.4. The van der Waals surface area contributed by atoms with E-state index in [1.165, 1.54) is 18.2 Å². The number of aryl methyl sites for hydroxylation is 1. The summed E-state index contributed by atoms with van der Waals surface area (Å²) in [5.41, 5.74) is 1.87. The molecule has 1 amide bonds. The quantitative estimate of drug-likeness (QED) is 0.793. The normalized spacial score (nSPS) is 16.8. The van der Waals surface area contributed by atoms with Gasteiger partial charge in [0, 0.05) is 12.1 Å². The van der Waals surface area contributed by atoms with Crippen molar-refractivity contribution in [1.29, 1.82) is 0 Å². The van der Waals surface area contributed by atoms with Gasteiger partial charge in [0.15, 0.2) is 0 Å². The maximum atomic E-state index is 13.0. The van der Waals surface area contributed by atoms with Gasteiger partial charge in [0.05, 0.1) is 16.3 Å². The molecule has 7 nitrogen and oxygen atoms in total. The molecule has 2 aromatic carbocycles. The third-order valence-electron chi connectivity index (χ3n) is 4.78. The molecule has 0 unspecified atom stereocenters. The zero-order valence-electron chi connectivity index (χ0n) is 16.8. The van der Waals surface area contributed by atoms with Gasteiger partial charge < -0.3 is 0 Å². The Kier molecular flexibility index (Phi) is 5.25. The second-order valence-corrected chi connectivity index (χ2v) is 11.7. The average Bonchev–Trinajstić information content (AvgIpc) is 2.88. The second kappa shape index (κ2) is 7.14. The van der Waals surface area contributed by atoms with Crippen LogP contribution >= 0.6 is 0 Å². The summed E-state index contributed by atoms with van der Waals surface area (Å²) in [5.74, 6) is -0.844. The van der Waals surface area contributed by atoms with Gasteiger partial charge in [-0.3, -0.25) is 9.52 Å². The molecular formula is C20H24N2O5S2. The van der Waals surface area contributed by atoms with E-state index in [1.807, 2.05) is 12.1 Å². The lowest BCUT2D eigenvalue weighted by Gasteiger charge is -2.20. The number of amides is 1. The molecule has 0 spiro atoms. The number of carbonyl (C=O) groups excluding carboxylic acids is 1. The van der Waals surface area contributed by atoms with E-state index < -0.39 is 26.0 Å². The zero-order chi connectivity index (χ0) is 21.6. The lowest BCUT2D eigenvalue weighted by atomic mass is 9.87. The van der Waals surface area contributed by atoms with E-state index in [0.717, 1.165) is 5.56 Å². The van der Waals surface area contributed by atoms with E-state index in [2.05, 4.69) is 25.5 Å². The van der Waals surface area contributed by atoms with Gasteiger partial charge in [-0.25, -0.2) is 21.1 Å². The molecule has 1 fully saturated rings. The van der Waals surface area contributed by atoms with Crippen molar-refractivity contribution in [1.82, 2.24) is 0 Å². The van der Waals surface area contributed by atoms with Gasteiger partial charge in [0.25, 0.3) is 10.0 Å². The van der Waals surface area contributed by atoms with E-state index >= 15 is 0 Å². The van der Waals surface area contributed by atoms with E-state index in [4.69, 9.17) is 0 Å². The van der Waals surface area contributed by atoms with Crippen molar-refractivity contribution in [2.45, 2.75) is 44.4 Å². The third kappa shape index (κ3) is 4.30. The molecule has 0 atom stereocenters. The van der Waals surface area contributed by atoms with Gasteiger partial charge >= 0.3 is 0 Å². The van der Waals surface area contributed by atoms with Gasteiger partial charge in [-0.15, -0.1) is 0 Å². The van der Waals surface area contributed by atoms with Crippen molar-refractivity contribution in [2.75, 3.05) is 14.8 Å². The molecule has 2 aromatic rings. The summed E-state index contributed by atoms with van der Waals surface area (Å²) in [4.78, 5) is 11.9. The number of sulfonamides is 2. The first kappa shape index (κ1) is 21.3. The number of rotatable bonds is 4. The molecule has 156 valence electrons. The third-order valence-corrected chi connectivity index (χ3v) is 7.99. The topological polar surface area (TPSA) is 101 Å². The monoisotopic (exact) mass is 436 g/mol. The van der Waals surface area contributed by atoms with Crippen molar-refractivity contribution >= 4 is 37.3 Å². The number of nitrogens with zero attached hydrogens (tertiary/aromatic N) is 1. The van der Waals surface area contributed by atoms with Crippen LogP contribution in [0.4, 0.5) is 11.4 Å². The summed E-state index contributed by atoms with van der Waals surface area (Å²) < 4.78 is 53.4. The summed E-state index contributed by atoms with van der Waals surface area (Å²) in [6.07, 6.45) is -0.114. The average molecular weight is 437 g/mol. The van der Waals surface area contributed by atoms with E-state index in [9.17, 15) is 21.6 Å². The summed E-state index contributed by atoms with van der Waals surface area (Å²) in [7, 11) is -7.76. The van der Waals surface area contributed by atoms with E-state index in [1.54, 1.807) is 19.1 Å². The van der Waals surface area contributed by atoms with Crippen LogP contribution in [0.2, 0.25) is 0 Å². The van der Waals surface area contributed by atoms with Crippen LogP contribution in [0.25, 0.3) is 0 Å². The van der Waals surface area contributed by atoms with Gasteiger partial charge in [-0.2, -0.15) is 0 Å². The van der Waals surface area contributed by atoms with Crippen molar-refractivity contribution in [3.05, 3.63) is 53.6 Å². The summed E-state index contributed by atoms with van der Waals surface area (Å²) in [6.45, 7) is 7.81. The smallest absolute Gasteiger partial charge is 0.262 e. The van der Waals surface area contributed by atoms with Gasteiger partial charge in [0.1, 0.15) is 0 Å². The van der Waals surface area contributed by atoms with Crippen LogP contribution in [0.15, 0.2) is 47.4 Å². The Morgan fingerprint density at radius 2 is 1.66 bits per heavy atom. The standard InChI is InChI=1S/C20H24N2O5S2/c1-14-5-10-17(22-19(23)11-12-28(22,24)25)13-18(14)29(26,27)21-16-8-6-15(7-9-16)20(2,3)4/h5-10,13,21H,11-12H2,1-4H3. The Hall–Kier alpha value is -2.39. The number of anilines is 2. The summed E-state index contributed by atoms with van der Waals surface area (Å²) >= 11 is 0. The Balaban J connectivity index is 1.96.